The molecule has 0 aliphatic carbocycles. The summed E-state index contributed by atoms with van der Waals surface area (Å²) in [6.45, 7) is 3.76. The van der Waals surface area contributed by atoms with Crippen molar-refractivity contribution in [2.45, 2.75) is 24.7 Å². The summed E-state index contributed by atoms with van der Waals surface area (Å²) < 4.78 is 32.9. The first-order valence-corrected chi connectivity index (χ1v) is 14.7. The third-order valence-electron chi connectivity index (χ3n) is 6.11. The van der Waals surface area contributed by atoms with Crippen LogP contribution in [0.4, 0.5) is 10.8 Å². The quantitative estimate of drug-likeness (QED) is 0.243. The van der Waals surface area contributed by atoms with Crippen LogP contribution in [0.1, 0.15) is 22.8 Å². The predicted molar refractivity (Wildman–Crippen MR) is 144 cm³/mol. The standard InChI is InChI=1S/C24H24N6O4S3/c1-17-25-21(16-35-17)18-7-4-8-20(14-18)37(33,34)29-11-5-10-28(12-13-29)24-26-23(27-36-24)15-19-6-2-3-9-22(19)30(31)32/h2-4,6-9,14,16H,5,10-13,15H2,1H3. The van der Waals surface area contributed by atoms with E-state index in [4.69, 9.17) is 0 Å². The van der Waals surface area contributed by atoms with Crippen LogP contribution in [0, 0.1) is 17.0 Å². The van der Waals surface area contributed by atoms with Crippen molar-refractivity contribution in [1.29, 1.82) is 0 Å². The molecule has 0 amide bonds. The largest absolute Gasteiger partial charge is 0.345 e. The molecule has 0 spiro atoms. The van der Waals surface area contributed by atoms with E-state index in [-0.39, 0.29) is 17.0 Å². The maximum atomic E-state index is 13.5. The Morgan fingerprint density at radius 2 is 1.89 bits per heavy atom. The third-order valence-corrected chi connectivity index (χ3v) is 9.59. The van der Waals surface area contributed by atoms with Gasteiger partial charge in [-0.3, -0.25) is 10.1 Å². The van der Waals surface area contributed by atoms with E-state index in [0.717, 1.165) is 16.3 Å². The van der Waals surface area contributed by atoms with Gasteiger partial charge in [0.2, 0.25) is 15.2 Å². The summed E-state index contributed by atoms with van der Waals surface area (Å²) in [5.41, 5.74) is 2.15. The van der Waals surface area contributed by atoms with Gasteiger partial charge in [-0.15, -0.1) is 11.3 Å². The number of rotatable bonds is 7. The number of nitrogens with zero attached hydrogens (tertiary/aromatic N) is 6. The van der Waals surface area contributed by atoms with Crippen LogP contribution in [-0.2, 0) is 16.4 Å². The van der Waals surface area contributed by atoms with E-state index in [1.54, 1.807) is 36.4 Å². The van der Waals surface area contributed by atoms with Crippen molar-refractivity contribution in [3.8, 4) is 11.3 Å². The Kier molecular flexibility index (Phi) is 7.29. The summed E-state index contributed by atoms with van der Waals surface area (Å²) in [5, 5.41) is 14.9. The molecule has 1 saturated heterocycles. The van der Waals surface area contributed by atoms with E-state index in [1.807, 2.05) is 23.3 Å². The molecule has 1 fully saturated rings. The first-order chi connectivity index (χ1) is 17.8. The van der Waals surface area contributed by atoms with Crippen LogP contribution in [0.3, 0.4) is 0 Å². The van der Waals surface area contributed by atoms with Gasteiger partial charge in [-0.25, -0.2) is 18.4 Å². The zero-order valence-corrected chi connectivity index (χ0v) is 22.4. The minimum atomic E-state index is -3.68. The van der Waals surface area contributed by atoms with E-state index in [0.29, 0.717) is 49.1 Å². The van der Waals surface area contributed by atoms with Crippen LogP contribution in [0.25, 0.3) is 11.3 Å². The van der Waals surface area contributed by atoms with Crippen molar-refractivity contribution in [3.63, 3.8) is 0 Å². The molecule has 2 aromatic carbocycles. The number of hydrogen-bond donors (Lipinski definition) is 0. The molecular formula is C24H24N6O4S3. The molecule has 0 atom stereocenters. The fourth-order valence-electron chi connectivity index (χ4n) is 4.24. The zero-order valence-electron chi connectivity index (χ0n) is 20.0. The number of aromatic nitrogens is 3. The van der Waals surface area contributed by atoms with Crippen LogP contribution in [0.5, 0.6) is 0 Å². The minimum absolute atomic E-state index is 0.0449. The number of anilines is 1. The summed E-state index contributed by atoms with van der Waals surface area (Å²) >= 11 is 2.76. The number of nitro groups is 1. The Balaban J connectivity index is 1.28. The first kappa shape index (κ1) is 25.4. The van der Waals surface area contributed by atoms with Gasteiger partial charge in [0.15, 0.2) is 0 Å². The number of hydrogen-bond acceptors (Lipinski definition) is 10. The second-order valence-electron chi connectivity index (χ2n) is 8.58. The highest BCUT2D eigenvalue weighted by atomic mass is 32.2. The molecule has 10 nitrogen and oxygen atoms in total. The number of thiazole rings is 1. The van der Waals surface area contributed by atoms with Gasteiger partial charge in [-0.1, -0.05) is 30.3 Å². The van der Waals surface area contributed by atoms with Gasteiger partial charge in [0.1, 0.15) is 5.82 Å². The number of nitro benzene ring substituents is 1. The fraction of sp³-hybridized carbons (Fsp3) is 0.292. The second kappa shape index (κ2) is 10.6. The highest BCUT2D eigenvalue weighted by Crippen LogP contribution is 2.28. The monoisotopic (exact) mass is 556 g/mol. The number of para-hydroxylation sites is 1. The number of sulfonamides is 1. The van der Waals surface area contributed by atoms with Crippen molar-refractivity contribution < 1.29 is 13.3 Å². The Morgan fingerprint density at radius 3 is 2.68 bits per heavy atom. The maximum absolute atomic E-state index is 13.5. The summed E-state index contributed by atoms with van der Waals surface area (Å²) in [6.07, 6.45) is 0.903. The third kappa shape index (κ3) is 5.54. The van der Waals surface area contributed by atoms with Gasteiger partial charge in [0, 0.05) is 66.7 Å². The average molecular weight is 557 g/mol. The Bertz CT molecular complexity index is 1530. The lowest BCUT2D eigenvalue weighted by Gasteiger charge is -2.21. The summed E-state index contributed by atoms with van der Waals surface area (Å²) in [6, 6.07) is 13.5. The minimum Gasteiger partial charge on any atom is -0.345 e. The molecule has 4 aromatic rings. The van der Waals surface area contributed by atoms with Crippen molar-refractivity contribution in [1.82, 2.24) is 18.6 Å². The van der Waals surface area contributed by atoms with Crippen LogP contribution in [0.2, 0.25) is 0 Å². The lowest BCUT2D eigenvalue weighted by molar-refractivity contribution is -0.385. The van der Waals surface area contributed by atoms with Gasteiger partial charge >= 0.3 is 0 Å². The summed E-state index contributed by atoms with van der Waals surface area (Å²) in [4.78, 5) is 22.3. The Hall–Kier alpha value is -3.26. The lowest BCUT2D eigenvalue weighted by atomic mass is 10.1. The van der Waals surface area contributed by atoms with Crippen LogP contribution in [-0.4, -0.2) is 58.2 Å². The number of benzene rings is 2. The fourth-order valence-corrected chi connectivity index (χ4v) is 7.11. The average Bonchev–Trinajstić information content (AvgIpc) is 3.46. The second-order valence-corrected chi connectivity index (χ2v) is 12.3. The topological polar surface area (TPSA) is 122 Å². The predicted octanol–water partition coefficient (Wildman–Crippen LogP) is 4.37. The molecule has 0 N–H and O–H groups in total. The van der Waals surface area contributed by atoms with E-state index in [1.165, 1.54) is 33.2 Å². The van der Waals surface area contributed by atoms with E-state index in [9.17, 15) is 18.5 Å². The smallest absolute Gasteiger partial charge is 0.273 e. The van der Waals surface area contributed by atoms with Crippen molar-refractivity contribution in [3.05, 3.63) is 80.4 Å². The van der Waals surface area contributed by atoms with E-state index < -0.39 is 14.9 Å². The molecule has 0 saturated carbocycles. The van der Waals surface area contributed by atoms with Crippen LogP contribution in [0.15, 0.2) is 58.8 Å². The van der Waals surface area contributed by atoms with Gasteiger partial charge in [0.05, 0.1) is 20.5 Å². The Morgan fingerprint density at radius 1 is 1.05 bits per heavy atom. The molecule has 0 radical (unpaired) electrons. The molecule has 13 heteroatoms. The van der Waals surface area contributed by atoms with Gasteiger partial charge in [-0.2, -0.15) is 8.68 Å². The van der Waals surface area contributed by atoms with Gasteiger partial charge in [-0.05, 0) is 25.5 Å². The molecule has 5 rings (SSSR count). The molecule has 0 unspecified atom stereocenters. The zero-order chi connectivity index (χ0) is 26.0. The van der Waals surface area contributed by atoms with Crippen molar-refractivity contribution in [2.24, 2.45) is 0 Å². The molecular weight excluding hydrogens is 533 g/mol. The van der Waals surface area contributed by atoms with Crippen molar-refractivity contribution in [2.75, 3.05) is 31.1 Å². The van der Waals surface area contributed by atoms with Gasteiger partial charge in [0.25, 0.3) is 5.69 Å². The maximum Gasteiger partial charge on any atom is 0.273 e. The van der Waals surface area contributed by atoms with Gasteiger partial charge < -0.3 is 4.90 Å². The van der Waals surface area contributed by atoms with E-state index >= 15 is 0 Å². The summed E-state index contributed by atoms with van der Waals surface area (Å²) in [5.74, 6) is 0.511. The molecule has 3 heterocycles. The highest BCUT2D eigenvalue weighted by molar-refractivity contribution is 7.89. The summed E-state index contributed by atoms with van der Waals surface area (Å²) in [7, 11) is -3.68. The van der Waals surface area contributed by atoms with Crippen LogP contribution >= 0.6 is 22.9 Å². The highest BCUT2D eigenvalue weighted by Gasteiger charge is 2.28. The SMILES string of the molecule is Cc1nc(-c2cccc(S(=O)(=O)N3CCCN(c4nc(Cc5ccccc5[N+](=O)[O-])ns4)CC3)c2)cs1. The van der Waals surface area contributed by atoms with E-state index in [2.05, 4.69) is 14.3 Å². The van der Waals surface area contributed by atoms with Crippen LogP contribution < -0.4 is 4.90 Å². The molecule has 192 valence electrons. The molecule has 1 aliphatic heterocycles. The number of aryl methyl sites for hydroxylation is 1. The van der Waals surface area contributed by atoms with Crippen molar-refractivity contribution >= 4 is 43.7 Å². The molecule has 37 heavy (non-hydrogen) atoms. The molecule has 2 aromatic heterocycles. The molecule has 0 bridgehead atoms. The lowest BCUT2D eigenvalue weighted by Crippen LogP contribution is -2.35. The normalized spacial score (nSPS) is 15.0. The molecule has 1 aliphatic rings. The Labute approximate surface area is 222 Å². The first-order valence-electron chi connectivity index (χ1n) is 11.6.